The lowest BCUT2D eigenvalue weighted by molar-refractivity contribution is 0.356. The van der Waals surface area contributed by atoms with E-state index in [0.717, 1.165) is 23.5 Å². The second-order valence-corrected chi connectivity index (χ2v) is 6.85. The van der Waals surface area contributed by atoms with Gasteiger partial charge >= 0.3 is 0 Å². The summed E-state index contributed by atoms with van der Waals surface area (Å²) in [5, 5.41) is 2.42. The van der Waals surface area contributed by atoms with Gasteiger partial charge in [-0.3, -0.25) is 4.79 Å². The van der Waals surface area contributed by atoms with E-state index >= 15 is 0 Å². The molecule has 2 nitrogen and oxygen atoms in total. The van der Waals surface area contributed by atoms with Crippen molar-refractivity contribution in [2.75, 3.05) is 18.0 Å². The minimum absolute atomic E-state index is 0.0421. The Bertz CT molecular complexity index is 686. The Kier molecular flexibility index (Phi) is 3.50. The molecule has 4 heteroatoms. The Morgan fingerprint density at radius 1 is 1.25 bits per heavy atom. The summed E-state index contributed by atoms with van der Waals surface area (Å²) in [4.78, 5) is 14.8. The van der Waals surface area contributed by atoms with Crippen molar-refractivity contribution in [2.24, 2.45) is 11.8 Å². The number of benzene rings is 1. The maximum Gasteiger partial charge on any atom is 0.211 e. The van der Waals surface area contributed by atoms with E-state index in [9.17, 15) is 9.18 Å². The minimum Gasteiger partial charge on any atom is -0.367 e. The molecule has 0 saturated carbocycles. The molecule has 1 aliphatic heterocycles. The van der Waals surface area contributed by atoms with Crippen LogP contribution in [0.4, 0.5) is 10.1 Å². The first kappa shape index (κ1) is 13.6. The second kappa shape index (κ2) is 5.17. The molecule has 1 aliphatic rings. The summed E-state index contributed by atoms with van der Waals surface area (Å²) >= 11 is 1.51. The number of anilines is 1. The molecule has 2 atom stereocenters. The molecule has 2 unspecified atom stereocenters. The molecule has 0 amide bonds. The highest BCUT2D eigenvalue weighted by molar-refractivity contribution is 7.16. The van der Waals surface area contributed by atoms with Crippen LogP contribution in [-0.2, 0) is 0 Å². The zero-order chi connectivity index (χ0) is 14.3. The van der Waals surface area contributed by atoms with Crippen LogP contribution in [0.15, 0.2) is 28.4 Å². The van der Waals surface area contributed by atoms with Gasteiger partial charge in [0.05, 0.1) is 5.69 Å². The number of nitrogens with zero attached hydrogens (tertiary/aromatic N) is 1. The van der Waals surface area contributed by atoms with Crippen LogP contribution in [0.1, 0.15) is 20.3 Å². The normalized spacial score (nSPS) is 23.2. The molecule has 2 heterocycles. The molecule has 3 rings (SSSR count). The van der Waals surface area contributed by atoms with E-state index < -0.39 is 0 Å². The summed E-state index contributed by atoms with van der Waals surface area (Å²) in [5.41, 5.74) is 0.686. The number of fused-ring (bicyclic) bond motifs is 1. The number of hydrogen-bond acceptors (Lipinski definition) is 3. The molecule has 2 aromatic rings. The lowest BCUT2D eigenvalue weighted by atomic mass is 9.91. The SMILES string of the molecule is CC1CC(C)CN(c2csc3ccc(F)cc3c2=O)C1. The Morgan fingerprint density at radius 2 is 1.95 bits per heavy atom. The van der Waals surface area contributed by atoms with Crippen LogP contribution >= 0.6 is 11.3 Å². The molecule has 0 aliphatic carbocycles. The predicted octanol–water partition coefficient (Wildman–Crippen LogP) is 3.88. The Morgan fingerprint density at radius 3 is 2.65 bits per heavy atom. The highest BCUT2D eigenvalue weighted by atomic mass is 32.1. The molecule has 0 bridgehead atoms. The maximum atomic E-state index is 13.4. The van der Waals surface area contributed by atoms with E-state index in [1.807, 2.05) is 5.38 Å². The lowest BCUT2D eigenvalue weighted by Gasteiger charge is -2.36. The molecule has 0 spiro atoms. The van der Waals surface area contributed by atoms with Gasteiger partial charge in [0, 0.05) is 28.6 Å². The molecule has 0 radical (unpaired) electrons. The fourth-order valence-corrected chi connectivity index (χ4v) is 4.09. The molecule has 20 heavy (non-hydrogen) atoms. The summed E-state index contributed by atoms with van der Waals surface area (Å²) in [6, 6.07) is 4.44. The fraction of sp³-hybridized carbons (Fsp3) is 0.438. The Labute approximate surface area is 121 Å². The first-order chi connectivity index (χ1) is 9.54. The third-order valence-corrected chi connectivity index (χ3v) is 4.88. The van der Waals surface area contributed by atoms with Crippen molar-refractivity contribution in [3.63, 3.8) is 0 Å². The van der Waals surface area contributed by atoms with Gasteiger partial charge in [0.15, 0.2) is 0 Å². The van der Waals surface area contributed by atoms with Gasteiger partial charge in [0.25, 0.3) is 0 Å². The lowest BCUT2D eigenvalue weighted by Crippen LogP contribution is -2.40. The van der Waals surface area contributed by atoms with Crippen LogP contribution in [0.3, 0.4) is 0 Å². The minimum atomic E-state index is -0.348. The summed E-state index contributed by atoms with van der Waals surface area (Å²) in [6.07, 6.45) is 1.20. The molecule has 1 fully saturated rings. The summed E-state index contributed by atoms with van der Waals surface area (Å²) in [5.74, 6) is 0.831. The van der Waals surface area contributed by atoms with Crippen LogP contribution in [0.5, 0.6) is 0 Å². The summed E-state index contributed by atoms with van der Waals surface area (Å²) < 4.78 is 14.2. The van der Waals surface area contributed by atoms with Crippen molar-refractivity contribution >= 4 is 27.1 Å². The first-order valence-electron chi connectivity index (χ1n) is 7.00. The summed E-state index contributed by atoms with van der Waals surface area (Å²) in [6.45, 7) is 6.26. The zero-order valence-electron chi connectivity index (χ0n) is 11.7. The van der Waals surface area contributed by atoms with Gasteiger partial charge in [-0.05, 0) is 36.5 Å². The average Bonchev–Trinajstić information content (AvgIpc) is 2.38. The molecule has 1 saturated heterocycles. The van der Waals surface area contributed by atoms with E-state index in [2.05, 4.69) is 18.7 Å². The van der Waals surface area contributed by atoms with E-state index in [4.69, 9.17) is 0 Å². The van der Waals surface area contributed by atoms with E-state index in [-0.39, 0.29) is 11.2 Å². The van der Waals surface area contributed by atoms with E-state index in [0.29, 0.717) is 17.2 Å². The maximum absolute atomic E-state index is 13.4. The summed E-state index contributed by atoms with van der Waals surface area (Å²) in [7, 11) is 0. The van der Waals surface area contributed by atoms with E-state index in [1.54, 1.807) is 6.07 Å². The topological polar surface area (TPSA) is 20.3 Å². The van der Waals surface area contributed by atoms with Gasteiger partial charge in [0.2, 0.25) is 5.43 Å². The molecule has 1 aromatic carbocycles. The van der Waals surface area contributed by atoms with Crippen molar-refractivity contribution in [1.82, 2.24) is 0 Å². The third kappa shape index (κ3) is 2.44. The van der Waals surface area contributed by atoms with Crippen LogP contribution < -0.4 is 10.3 Å². The van der Waals surface area contributed by atoms with Gasteiger partial charge in [-0.2, -0.15) is 0 Å². The average molecular weight is 291 g/mol. The van der Waals surface area contributed by atoms with Crippen LogP contribution in [0.2, 0.25) is 0 Å². The van der Waals surface area contributed by atoms with Crippen LogP contribution in [0.25, 0.3) is 10.1 Å². The smallest absolute Gasteiger partial charge is 0.211 e. The van der Waals surface area contributed by atoms with Gasteiger partial charge in [-0.25, -0.2) is 4.39 Å². The number of halogens is 1. The zero-order valence-corrected chi connectivity index (χ0v) is 12.5. The Hall–Kier alpha value is -1.42. The van der Waals surface area contributed by atoms with E-state index in [1.165, 1.54) is 29.9 Å². The Balaban J connectivity index is 2.08. The van der Waals surface area contributed by atoms with Crippen molar-refractivity contribution in [3.8, 4) is 0 Å². The van der Waals surface area contributed by atoms with Crippen LogP contribution in [0, 0.1) is 17.7 Å². The third-order valence-electron chi connectivity index (χ3n) is 3.93. The van der Waals surface area contributed by atoms with Gasteiger partial charge in [0.1, 0.15) is 5.82 Å². The highest BCUT2D eigenvalue weighted by Gasteiger charge is 2.24. The standard InChI is InChI=1S/C16H18FNOS/c1-10-5-11(2)8-18(7-10)14-9-20-15-4-3-12(17)6-13(15)16(14)19/h3-4,6,9-11H,5,7-8H2,1-2H3. The molecule has 0 N–H and O–H groups in total. The van der Waals surface area contributed by atoms with Crippen molar-refractivity contribution in [1.29, 1.82) is 0 Å². The monoisotopic (exact) mass is 291 g/mol. The fourth-order valence-electron chi connectivity index (χ4n) is 3.17. The van der Waals surface area contributed by atoms with Gasteiger partial charge < -0.3 is 4.90 Å². The number of piperidine rings is 1. The predicted molar refractivity (Wildman–Crippen MR) is 83.2 cm³/mol. The number of hydrogen-bond donors (Lipinski definition) is 0. The highest BCUT2D eigenvalue weighted by Crippen LogP contribution is 2.27. The molecular formula is C16H18FNOS. The molecular weight excluding hydrogens is 273 g/mol. The number of rotatable bonds is 1. The van der Waals surface area contributed by atoms with Crippen molar-refractivity contribution in [2.45, 2.75) is 20.3 Å². The van der Waals surface area contributed by atoms with Crippen LogP contribution in [-0.4, -0.2) is 13.1 Å². The molecule has 1 aromatic heterocycles. The van der Waals surface area contributed by atoms with Crippen molar-refractivity contribution < 1.29 is 4.39 Å². The largest absolute Gasteiger partial charge is 0.367 e. The van der Waals surface area contributed by atoms with Gasteiger partial charge in [-0.1, -0.05) is 13.8 Å². The second-order valence-electron chi connectivity index (χ2n) is 5.94. The van der Waals surface area contributed by atoms with Gasteiger partial charge in [-0.15, -0.1) is 11.3 Å². The van der Waals surface area contributed by atoms with Crippen molar-refractivity contribution in [3.05, 3.63) is 39.6 Å². The first-order valence-corrected chi connectivity index (χ1v) is 7.88. The molecule has 106 valence electrons. The quantitative estimate of drug-likeness (QED) is 0.794.